The van der Waals surface area contributed by atoms with E-state index in [1.807, 2.05) is 13.8 Å². The molecular weight excluding hydrogens is 260 g/mol. The highest BCUT2D eigenvalue weighted by atomic mass is 16.3. The number of aromatic hydroxyl groups is 2. The number of phenolic OH excluding ortho intramolecular Hbond substituents is 2. The van der Waals surface area contributed by atoms with Crippen LogP contribution in [0.15, 0.2) is 42.0 Å². The van der Waals surface area contributed by atoms with Gasteiger partial charge in [-0.3, -0.25) is 0 Å². The molecule has 2 nitrogen and oxygen atoms in total. The van der Waals surface area contributed by atoms with Crippen LogP contribution in [0.4, 0.5) is 0 Å². The monoisotopic (exact) mass is 288 g/mol. The van der Waals surface area contributed by atoms with Crippen molar-refractivity contribution in [2.45, 2.75) is 52.9 Å². The van der Waals surface area contributed by atoms with Crippen LogP contribution in [0, 0.1) is 5.92 Å². The van der Waals surface area contributed by atoms with Crippen LogP contribution in [0.5, 0.6) is 11.5 Å². The molecule has 2 heteroatoms. The lowest BCUT2D eigenvalue weighted by atomic mass is 9.87. The summed E-state index contributed by atoms with van der Waals surface area (Å²) in [6.45, 7) is 10.4. The first kappa shape index (κ1) is 17.4. The van der Waals surface area contributed by atoms with Crippen LogP contribution in [0.1, 0.15) is 53.0 Å². The summed E-state index contributed by atoms with van der Waals surface area (Å²) in [6.07, 6.45) is 8.42. The van der Waals surface area contributed by atoms with Crippen LogP contribution in [-0.2, 0) is 5.41 Å². The Morgan fingerprint density at radius 1 is 1.19 bits per heavy atom. The second-order valence-corrected chi connectivity index (χ2v) is 5.76. The van der Waals surface area contributed by atoms with Crippen molar-refractivity contribution < 1.29 is 10.2 Å². The fourth-order valence-corrected chi connectivity index (χ4v) is 2.49. The van der Waals surface area contributed by atoms with Crippen molar-refractivity contribution in [1.29, 1.82) is 0 Å². The molecule has 0 heterocycles. The smallest absolute Gasteiger partial charge is 0.119 e. The summed E-state index contributed by atoms with van der Waals surface area (Å²) in [5.41, 5.74) is 2.01. The van der Waals surface area contributed by atoms with Crippen LogP contribution in [0.3, 0.4) is 0 Å². The van der Waals surface area contributed by atoms with Gasteiger partial charge in [0.2, 0.25) is 0 Å². The molecule has 0 amide bonds. The molecule has 0 aliphatic heterocycles. The second-order valence-electron chi connectivity index (χ2n) is 5.76. The molecule has 0 unspecified atom stereocenters. The number of hydrogen-bond acceptors (Lipinski definition) is 2. The topological polar surface area (TPSA) is 40.5 Å². The number of allylic oxidation sites excluding steroid dienone is 4. The first-order valence-corrected chi connectivity index (χ1v) is 7.84. The standard InChI is InChI=1S/C17H22O2.C2H6/c1-12(2)5-4-6-13(3)17(9-10-17)15-11-14(18)7-8-16(15)19;1-2/h4-8,11-12,18-19H,9-10H2,1-3H3;1-2H3/b5-4-,13-6+;. The van der Waals surface area contributed by atoms with Gasteiger partial charge in [0.25, 0.3) is 0 Å². The maximum Gasteiger partial charge on any atom is 0.119 e. The van der Waals surface area contributed by atoms with Gasteiger partial charge in [-0.2, -0.15) is 0 Å². The van der Waals surface area contributed by atoms with Gasteiger partial charge in [0.1, 0.15) is 11.5 Å². The van der Waals surface area contributed by atoms with Gasteiger partial charge in [0, 0.05) is 11.0 Å². The van der Waals surface area contributed by atoms with Gasteiger partial charge in [-0.1, -0.05) is 51.5 Å². The Kier molecular flexibility index (Phi) is 6.07. The molecule has 1 aliphatic carbocycles. The maximum absolute atomic E-state index is 10.0. The van der Waals surface area contributed by atoms with Gasteiger partial charge in [0.15, 0.2) is 0 Å². The summed E-state index contributed by atoms with van der Waals surface area (Å²) in [5, 5.41) is 19.6. The maximum atomic E-state index is 10.0. The lowest BCUT2D eigenvalue weighted by molar-refractivity contribution is 0.449. The zero-order chi connectivity index (χ0) is 16.0. The van der Waals surface area contributed by atoms with E-state index in [2.05, 4.69) is 39.0 Å². The quantitative estimate of drug-likeness (QED) is 0.582. The van der Waals surface area contributed by atoms with Crippen LogP contribution in [-0.4, -0.2) is 10.2 Å². The normalized spacial score (nSPS) is 16.8. The summed E-state index contributed by atoms with van der Waals surface area (Å²) in [6, 6.07) is 4.78. The average Bonchev–Trinajstić information content (AvgIpc) is 3.25. The van der Waals surface area contributed by atoms with Crippen LogP contribution < -0.4 is 0 Å². The fraction of sp³-hybridized carbons (Fsp3) is 0.474. The van der Waals surface area contributed by atoms with E-state index in [-0.39, 0.29) is 16.9 Å². The molecule has 0 bridgehead atoms. The summed E-state index contributed by atoms with van der Waals surface area (Å²) >= 11 is 0. The SMILES string of the molecule is C/C(=C\C=C/C(C)C)C1(c2cc(O)ccc2O)CC1.CC. The molecule has 1 aliphatic rings. The third kappa shape index (κ3) is 4.13. The Morgan fingerprint density at radius 2 is 1.81 bits per heavy atom. The highest BCUT2D eigenvalue weighted by molar-refractivity contribution is 5.52. The van der Waals surface area contributed by atoms with Crippen LogP contribution in [0.25, 0.3) is 0 Å². The van der Waals surface area contributed by atoms with Gasteiger partial charge in [-0.05, 0) is 43.9 Å². The van der Waals surface area contributed by atoms with E-state index in [9.17, 15) is 10.2 Å². The first-order chi connectivity index (χ1) is 9.95. The first-order valence-electron chi connectivity index (χ1n) is 7.84. The molecule has 2 rings (SSSR count). The van der Waals surface area contributed by atoms with E-state index >= 15 is 0 Å². The average molecular weight is 288 g/mol. The number of benzene rings is 1. The van der Waals surface area contributed by atoms with Gasteiger partial charge < -0.3 is 10.2 Å². The van der Waals surface area contributed by atoms with Gasteiger partial charge in [-0.15, -0.1) is 0 Å². The van der Waals surface area contributed by atoms with Crippen molar-refractivity contribution >= 4 is 0 Å². The zero-order valence-electron chi connectivity index (χ0n) is 13.9. The van der Waals surface area contributed by atoms with Gasteiger partial charge in [0.05, 0.1) is 0 Å². The molecule has 0 atom stereocenters. The van der Waals surface area contributed by atoms with Crippen molar-refractivity contribution in [2.24, 2.45) is 5.92 Å². The molecule has 2 N–H and O–H groups in total. The Labute approximate surface area is 128 Å². The van der Waals surface area contributed by atoms with Crippen molar-refractivity contribution in [1.82, 2.24) is 0 Å². The highest BCUT2D eigenvalue weighted by Gasteiger charge is 2.47. The molecule has 0 spiro atoms. The van der Waals surface area contributed by atoms with E-state index in [1.54, 1.807) is 12.1 Å². The Bertz CT molecular complexity index is 520. The zero-order valence-corrected chi connectivity index (χ0v) is 13.9. The number of phenols is 2. The molecule has 1 aromatic rings. The van der Waals surface area contributed by atoms with E-state index < -0.39 is 0 Å². The highest BCUT2D eigenvalue weighted by Crippen LogP contribution is 2.56. The van der Waals surface area contributed by atoms with Gasteiger partial charge in [-0.25, -0.2) is 0 Å². The Balaban J connectivity index is 0.00000106. The molecule has 0 aromatic heterocycles. The van der Waals surface area contributed by atoms with Crippen molar-refractivity contribution in [3.05, 3.63) is 47.6 Å². The van der Waals surface area contributed by atoms with Crippen molar-refractivity contribution in [2.75, 3.05) is 0 Å². The largest absolute Gasteiger partial charge is 0.508 e. The molecular formula is C19H28O2. The molecule has 1 fully saturated rings. The third-order valence-corrected chi connectivity index (χ3v) is 3.84. The number of hydrogen-bond donors (Lipinski definition) is 2. The van der Waals surface area contributed by atoms with E-state index in [1.165, 1.54) is 11.6 Å². The summed E-state index contributed by atoms with van der Waals surface area (Å²) in [4.78, 5) is 0. The summed E-state index contributed by atoms with van der Waals surface area (Å²) in [7, 11) is 0. The predicted octanol–water partition coefficient (Wildman–Crippen LogP) is 5.31. The van der Waals surface area contributed by atoms with E-state index in [0.717, 1.165) is 18.4 Å². The minimum absolute atomic E-state index is 0.0792. The molecule has 21 heavy (non-hydrogen) atoms. The lowest BCUT2D eigenvalue weighted by Crippen LogP contribution is -2.08. The molecule has 0 radical (unpaired) electrons. The van der Waals surface area contributed by atoms with E-state index in [0.29, 0.717) is 5.92 Å². The Hall–Kier alpha value is -1.70. The predicted molar refractivity (Wildman–Crippen MR) is 89.8 cm³/mol. The van der Waals surface area contributed by atoms with Crippen molar-refractivity contribution in [3.8, 4) is 11.5 Å². The van der Waals surface area contributed by atoms with Crippen LogP contribution in [0.2, 0.25) is 0 Å². The molecule has 0 saturated heterocycles. The molecule has 116 valence electrons. The van der Waals surface area contributed by atoms with Crippen LogP contribution >= 0.6 is 0 Å². The van der Waals surface area contributed by atoms with Crippen molar-refractivity contribution in [3.63, 3.8) is 0 Å². The second kappa shape index (κ2) is 7.35. The van der Waals surface area contributed by atoms with E-state index in [4.69, 9.17) is 0 Å². The van der Waals surface area contributed by atoms with Gasteiger partial charge >= 0.3 is 0 Å². The lowest BCUT2D eigenvalue weighted by Gasteiger charge is -2.18. The molecule has 1 aromatic carbocycles. The number of rotatable bonds is 4. The summed E-state index contributed by atoms with van der Waals surface area (Å²) < 4.78 is 0. The molecule has 1 saturated carbocycles. The third-order valence-electron chi connectivity index (χ3n) is 3.84. The summed E-state index contributed by atoms with van der Waals surface area (Å²) in [5.74, 6) is 1.02. The fourth-order valence-electron chi connectivity index (χ4n) is 2.49. The minimum Gasteiger partial charge on any atom is -0.508 e. The minimum atomic E-state index is -0.0792. The Morgan fingerprint density at radius 3 is 2.33 bits per heavy atom.